The van der Waals surface area contributed by atoms with Crippen molar-refractivity contribution in [2.45, 2.75) is 33.6 Å². The lowest BCUT2D eigenvalue weighted by atomic mass is 9.84. The van der Waals surface area contributed by atoms with Crippen LogP contribution in [0.4, 0.5) is 19.1 Å². The fraction of sp³-hybridized carbons (Fsp3) is 0.429. The zero-order valence-corrected chi connectivity index (χ0v) is 18.2. The molecule has 0 aliphatic carbocycles. The maximum absolute atomic E-state index is 13.8. The van der Waals surface area contributed by atoms with Gasteiger partial charge in [0.2, 0.25) is 0 Å². The number of alkyl halides is 2. The highest BCUT2D eigenvalue weighted by Gasteiger charge is 2.33. The molecule has 0 spiro atoms. The third kappa shape index (κ3) is 4.81. The predicted octanol–water partition coefficient (Wildman–Crippen LogP) is 5.01. The molecule has 0 bridgehead atoms. The van der Waals surface area contributed by atoms with Gasteiger partial charge in [0, 0.05) is 30.3 Å². The summed E-state index contributed by atoms with van der Waals surface area (Å²) in [6.45, 7) is 9.73. The summed E-state index contributed by atoms with van der Waals surface area (Å²) in [5.41, 5.74) is 0.735. The zero-order valence-electron chi connectivity index (χ0n) is 17.4. The quantitative estimate of drug-likeness (QED) is 0.598. The van der Waals surface area contributed by atoms with Crippen LogP contribution >= 0.6 is 11.6 Å². The summed E-state index contributed by atoms with van der Waals surface area (Å²) in [7, 11) is 0. The highest BCUT2D eigenvalue weighted by atomic mass is 35.5. The summed E-state index contributed by atoms with van der Waals surface area (Å²) in [6.07, 6.45) is -0.777. The van der Waals surface area contributed by atoms with E-state index in [4.69, 9.17) is 11.6 Å². The summed E-state index contributed by atoms with van der Waals surface area (Å²) in [5, 5.41) is 3.99. The van der Waals surface area contributed by atoms with E-state index in [9.17, 15) is 18.0 Å². The minimum Gasteiger partial charge on any atom is -0.338 e. The van der Waals surface area contributed by atoms with Crippen molar-refractivity contribution in [2.24, 2.45) is 16.8 Å². The number of halogens is 4. The van der Waals surface area contributed by atoms with Gasteiger partial charge in [0.1, 0.15) is 12.1 Å². The summed E-state index contributed by atoms with van der Waals surface area (Å²) in [6, 6.07) is 2.80. The molecule has 6 nitrogen and oxygen atoms in total. The number of hydrogen-bond acceptors (Lipinski definition) is 4. The maximum Gasteiger partial charge on any atom is 0.276 e. The number of aryl methyl sites for hydroxylation is 1. The van der Waals surface area contributed by atoms with Crippen LogP contribution in [0.15, 0.2) is 30.0 Å². The standard InChI is InChI=1S/C21H23ClF3N5O/c1-11-5-6-29(20(31)15-7-12(2)18(23)17(22)8-15)9-16(11)14(4)30-21(26-10-27-30)28-13(3)19(24)25/h7-8,10-11,16,19H,4-6,9H2,1-3H3/b28-13+/t11-,16-/m1/s1. The van der Waals surface area contributed by atoms with E-state index in [1.165, 1.54) is 30.1 Å². The number of piperidine rings is 1. The van der Waals surface area contributed by atoms with E-state index in [2.05, 4.69) is 21.7 Å². The molecule has 1 fully saturated rings. The molecule has 1 aliphatic rings. The first-order valence-corrected chi connectivity index (χ1v) is 10.1. The summed E-state index contributed by atoms with van der Waals surface area (Å²) in [5.74, 6) is -0.834. The fourth-order valence-corrected chi connectivity index (χ4v) is 3.86. The van der Waals surface area contributed by atoms with Crippen molar-refractivity contribution in [3.63, 3.8) is 0 Å². The number of nitrogens with zero attached hydrogens (tertiary/aromatic N) is 5. The Hall–Kier alpha value is -2.68. The Bertz CT molecular complexity index is 1010. The van der Waals surface area contributed by atoms with Crippen molar-refractivity contribution in [1.29, 1.82) is 0 Å². The van der Waals surface area contributed by atoms with Gasteiger partial charge in [-0.2, -0.15) is 10.1 Å². The molecule has 0 saturated carbocycles. The molecule has 2 aromatic rings. The van der Waals surface area contributed by atoms with E-state index in [1.807, 2.05) is 6.92 Å². The number of amides is 1. The van der Waals surface area contributed by atoms with Gasteiger partial charge < -0.3 is 4.90 Å². The highest BCUT2D eigenvalue weighted by molar-refractivity contribution is 6.31. The lowest BCUT2D eigenvalue weighted by Gasteiger charge is -2.38. The zero-order chi connectivity index (χ0) is 22.9. The summed E-state index contributed by atoms with van der Waals surface area (Å²) < 4.78 is 40.9. The van der Waals surface area contributed by atoms with Gasteiger partial charge in [0.15, 0.2) is 0 Å². The fourth-order valence-electron chi connectivity index (χ4n) is 3.60. The van der Waals surface area contributed by atoms with Gasteiger partial charge in [0.05, 0.1) is 10.7 Å². The molecule has 1 amide bonds. The molecule has 1 aromatic heterocycles. The average Bonchev–Trinajstić information content (AvgIpc) is 3.18. The first kappa shape index (κ1) is 23.0. The molecule has 1 aliphatic heterocycles. The molecule has 10 heteroatoms. The van der Waals surface area contributed by atoms with Crippen molar-refractivity contribution in [2.75, 3.05) is 13.1 Å². The Kier molecular flexibility index (Phi) is 6.83. The molecule has 1 saturated heterocycles. The third-order valence-electron chi connectivity index (χ3n) is 5.52. The number of benzene rings is 1. The predicted molar refractivity (Wildman–Crippen MR) is 113 cm³/mol. The normalized spacial score (nSPS) is 19.7. The number of aliphatic imine (C=N–C) groups is 1. The van der Waals surface area contributed by atoms with Gasteiger partial charge in [0.25, 0.3) is 18.3 Å². The van der Waals surface area contributed by atoms with E-state index in [1.54, 1.807) is 11.8 Å². The maximum atomic E-state index is 13.8. The van der Waals surface area contributed by atoms with Crippen LogP contribution < -0.4 is 0 Å². The van der Waals surface area contributed by atoms with Gasteiger partial charge in [-0.05, 0) is 43.9 Å². The van der Waals surface area contributed by atoms with Gasteiger partial charge in [-0.25, -0.2) is 22.8 Å². The summed E-state index contributed by atoms with van der Waals surface area (Å²) >= 11 is 5.91. The second kappa shape index (κ2) is 9.21. The molecule has 1 aromatic carbocycles. The molecule has 3 rings (SSSR count). The molecule has 0 radical (unpaired) electrons. The van der Waals surface area contributed by atoms with Crippen LogP contribution in [-0.4, -0.2) is 50.8 Å². The molecule has 166 valence electrons. The first-order valence-electron chi connectivity index (χ1n) is 9.77. The lowest BCUT2D eigenvalue weighted by Crippen LogP contribution is -2.44. The van der Waals surface area contributed by atoms with Crippen LogP contribution in [0.1, 0.15) is 36.2 Å². The Morgan fingerprint density at radius 1 is 1.39 bits per heavy atom. The molecule has 0 unspecified atom stereocenters. The van der Waals surface area contributed by atoms with Crippen LogP contribution in [0, 0.1) is 24.6 Å². The van der Waals surface area contributed by atoms with E-state index < -0.39 is 12.2 Å². The minimum atomic E-state index is -2.70. The Morgan fingerprint density at radius 3 is 2.74 bits per heavy atom. The van der Waals surface area contributed by atoms with E-state index in [0.29, 0.717) is 36.3 Å². The van der Waals surface area contributed by atoms with Crippen molar-refractivity contribution in [3.05, 3.63) is 47.0 Å². The Morgan fingerprint density at radius 2 is 2.10 bits per heavy atom. The van der Waals surface area contributed by atoms with Gasteiger partial charge in [-0.15, -0.1) is 0 Å². The lowest BCUT2D eigenvalue weighted by molar-refractivity contribution is 0.0653. The Labute approximate surface area is 183 Å². The molecular formula is C21H23ClF3N5O. The third-order valence-corrected chi connectivity index (χ3v) is 5.80. The number of aromatic nitrogens is 3. The second-order valence-corrected chi connectivity index (χ2v) is 8.14. The van der Waals surface area contributed by atoms with Crippen molar-refractivity contribution < 1.29 is 18.0 Å². The SMILES string of the molecule is C=C([C@@H]1CN(C(=O)c2cc(C)c(F)c(Cl)c2)CC[C@H]1C)n1ncnc1/N=C(\C)C(F)F. The van der Waals surface area contributed by atoms with Gasteiger partial charge in [-0.3, -0.25) is 4.79 Å². The van der Waals surface area contributed by atoms with Crippen molar-refractivity contribution in [3.8, 4) is 0 Å². The molecule has 2 heterocycles. The van der Waals surface area contributed by atoms with Gasteiger partial charge >= 0.3 is 0 Å². The molecule has 31 heavy (non-hydrogen) atoms. The van der Waals surface area contributed by atoms with Crippen LogP contribution in [0.3, 0.4) is 0 Å². The van der Waals surface area contributed by atoms with E-state index in [-0.39, 0.29) is 34.4 Å². The van der Waals surface area contributed by atoms with Crippen LogP contribution in [-0.2, 0) is 0 Å². The van der Waals surface area contributed by atoms with Crippen molar-refractivity contribution >= 4 is 34.9 Å². The second-order valence-electron chi connectivity index (χ2n) is 7.73. The highest BCUT2D eigenvalue weighted by Crippen LogP contribution is 2.33. The van der Waals surface area contributed by atoms with Crippen LogP contribution in [0.5, 0.6) is 0 Å². The smallest absolute Gasteiger partial charge is 0.276 e. The van der Waals surface area contributed by atoms with Crippen molar-refractivity contribution in [1.82, 2.24) is 19.7 Å². The number of likely N-dealkylation sites (tertiary alicyclic amines) is 1. The average molecular weight is 454 g/mol. The molecule has 0 N–H and O–H groups in total. The van der Waals surface area contributed by atoms with Crippen LogP contribution in [0.25, 0.3) is 5.70 Å². The largest absolute Gasteiger partial charge is 0.338 e. The monoisotopic (exact) mass is 453 g/mol. The number of carbonyl (C=O) groups excluding carboxylic acids is 1. The minimum absolute atomic E-state index is 0.0133. The van der Waals surface area contributed by atoms with Crippen LogP contribution in [0.2, 0.25) is 5.02 Å². The topological polar surface area (TPSA) is 63.4 Å². The Balaban J connectivity index is 1.84. The first-order chi connectivity index (χ1) is 14.6. The molecular weight excluding hydrogens is 431 g/mol. The number of hydrogen-bond donors (Lipinski definition) is 0. The summed E-state index contributed by atoms with van der Waals surface area (Å²) in [4.78, 5) is 22.5. The number of carbonyl (C=O) groups is 1. The van der Waals surface area contributed by atoms with Gasteiger partial charge in [-0.1, -0.05) is 25.1 Å². The van der Waals surface area contributed by atoms with E-state index in [0.717, 1.165) is 0 Å². The molecule has 2 atom stereocenters. The number of rotatable bonds is 5. The van der Waals surface area contributed by atoms with E-state index >= 15 is 0 Å².